The van der Waals surface area contributed by atoms with Crippen molar-refractivity contribution in [1.82, 2.24) is 9.78 Å². The van der Waals surface area contributed by atoms with Crippen LogP contribution in [0, 0.1) is 0 Å². The number of para-hydroxylation sites is 1. The Morgan fingerprint density at radius 1 is 1.28 bits per heavy atom. The van der Waals surface area contributed by atoms with Gasteiger partial charge in [0.15, 0.2) is 0 Å². The third-order valence-corrected chi connectivity index (χ3v) is 3.40. The van der Waals surface area contributed by atoms with Gasteiger partial charge in [0.1, 0.15) is 0 Å². The third-order valence-electron chi connectivity index (χ3n) is 3.40. The van der Waals surface area contributed by atoms with Gasteiger partial charge in [0.05, 0.1) is 17.3 Å². The second-order valence-corrected chi connectivity index (χ2v) is 4.94. The maximum absolute atomic E-state index is 10.0. The fourth-order valence-electron chi connectivity index (χ4n) is 2.39. The van der Waals surface area contributed by atoms with Crippen molar-refractivity contribution in [2.24, 2.45) is 7.05 Å². The summed E-state index contributed by atoms with van der Waals surface area (Å²) in [6.07, 6.45) is 4.75. The summed E-state index contributed by atoms with van der Waals surface area (Å²) in [6, 6.07) is 8.19. The van der Waals surface area contributed by atoms with E-state index in [1.165, 1.54) is 12.8 Å². The Hall–Kier alpha value is -1.35. The number of aliphatic hydroxyl groups excluding tert-OH is 1. The first kappa shape index (κ1) is 13.1. The highest BCUT2D eigenvalue weighted by atomic mass is 16.3. The van der Waals surface area contributed by atoms with Gasteiger partial charge in [-0.15, -0.1) is 0 Å². The average Bonchev–Trinajstić information content (AvgIpc) is 2.67. The maximum Gasteiger partial charge on any atom is 0.0728 e. The van der Waals surface area contributed by atoms with E-state index in [-0.39, 0.29) is 6.10 Å². The Balaban J connectivity index is 2.07. The van der Waals surface area contributed by atoms with Crippen LogP contribution < -0.4 is 0 Å². The van der Waals surface area contributed by atoms with E-state index in [9.17, 15) is 5.11 Å². The second kappa shape index (κ2) is 6.01. The van der Waals surface area contributed by atoms with Gasteiger partial charge >= 0.3 is 0 Å². The molecule has 0 radical (unpaired) electrons. The summed E-state index contributed by atoms with van der Waals surface area (Å²) >= 11 is 0. The molecule has 1 unspecified atom stereocenters. The molecule has 3 heteroatoms. The standard InChI is InChI=1S/C15H22N2O/c1-3-4-5-8-12(18)11-14-13-9-6-7-10-15(13)17(2)16-14/h6-7,9-10,12,18H,3-5,8,11H2,1-2H3. The number of aliphatic hydroxyl groups is 1. The van der Waals surface area contributed by atoms with Gasteiger partial charge in [-0.2, -0.15) is 5.10 Å². The lowest BCUT2D eigenvalue weighted by atomic mass is 10.0. The van der Waals surface area contributed by atoms with E-state index < -0.39 is 0 Å². The van der Waals surface area contributed by atoms with Crippen molar-refractivity contribution in [3.05, 3.63) is 30.0 Å². The number of benzene rings is 1. The second-order valence-electron chi connectivity index (χ2n) is 4.94. The highest BCUT2D eigenvalue weighted by Crippen LogP contribution is 2.19. The zero-order chi connectivity index (χ0) is 13.0. The van der Waals surface area contributed by atoms with Crippen molar-refractivity contribution in [1.29, 1.82) is 0 Å². The zero-order valence-corrected chi connectivity index (χ0v) is 11.3. The van der Waals surface area contributed by atoms with E-state index in [0.717, 1.165) is 29.4 Å². The van der Waals surface area contributed by atoms with Crippen LogP contribution in [0.15, 0.2) is 24.3 Å². The molecular weight excluding hydrogens is 224 g/mol. The van der Waals surface area contributed by atoms with Crippen molar-refractivity contribution >= 4 is 10.9 Å². The lowest BCUT2D eigenvalue weighted by molar-refractivity contribution is 0.160. The molecule has 18 heavy (non-hydrogen) atoms. The molecule has 0 saturated carbocycles. The number of rotatable bonds is 6. The number of unbranched alkanes of at least 4 members (excludes halogenated alkanes) is 2. The zero-order valence-electron chi connectivity index (χ0n) is 11.3. The highest BCUT2D eigenvalue weighted by molar-refractivity contribution is 5.81. The molecule has 0 aliphatic carbocycles. The van der Waals surface area contributed by atoms with E-state index in [0.29, 0.717) is 6.42 Å². The molecule has 0 saturated heterocycles. The van der Waals surface area contributed by atoms with Gasteiger partial charge in [-0.25, -0.2) is 0 Å². The van der Waals surface area contributed by atoms with Gasteiger partial charge < -0.3 is 5.11 Å². The van der Waals surface area contributed by atoms with E-state index in [4.69, 9.17) is 0 Å². The number of aromatic nitrogens is 2. The molecule has 1 aromatic heterocycles. The van der Waals surface area contributed by atoms with Crippen LogP contribution in [0.2, 0.25) is 0 Å². The first-order valence-corrected chi connectivity index (χ1v) is 6.81. The largest absolute Gasteiger partial charge is 0.393 e. The minimum Gasteiger partial charge on any atom is -0.393 e. The molecule has 0 spiro atoms. The molecule has 0 amide bonds. The number of nitrogens with zero attached hydrogens (tertiary/aromatic N) is 2. The van der Waals surface area contributed by atoms with Gasteiger partial charge in [-0.1, -0.05) is 44.4 Å². The van der Waals surface area contributed by atoms with Crippen LogP contribution in [0.4, 0.5) is 0 Å². The summed E-state index contributed by atoms with van der Waals surface area (Å²) in [7, 11) is 1.95. The number of hydrogen-bond acceptors (Lipinski definition) is 2. The quantitative estimate of drug-likeness (QED) is 0.795. The number of aryl methyl sites for hydroxylation is 1. The van der Waals surface area contributed by atoms with Crippen molar-refractivity contribution in [2.75, 3.05) is 0 Å². The molecular formula is C15H22N2O. The van der Waals surface area contributed by atoms with Crippen molar-refractivity contribution in [2.45, 2.75) is 45.1 Å². The van der Waals surface area contributed by atoms with E-state index in [1.54, 1.807) is 0 Å². The van der Waals surface area contributed by atoms with Crippen molar-refractivity contribution < 1.29 is 5.11 Å². The minimum absolute atomic E-state index is 0.269. The van der Waals surface area contributed by atoms with Crippen LogP contribution in [0.3, 0.4) is 0 Å². The summed E-state index contributed by atoms with van der Waals surface area (Å²) in [5.74, 6) is 0. The Labute approximate surface area is 108 Å². The normalized spacial score (nSPS) is 13.1. The molecule has 0 fully saturated rings. The van der Waals surface area contributed by atoms with Crippen LogP contribution in [0.25, 0.3) is 10.9 Å². The Bertz CT molecular complexity index is 504. The first-order valence-electron chi connectivity index (χ1n) is 6.81. The smallest absolute Gasteiger partial charge is 0.0728 e. The molecule has 98 valence electrons. The van der Waals surface area contributed by atoms with Gasteiger partial charge in [0.2, 0.25) is 0 Å². The van der Waals surface area contributed by atoms with Gasteiger partial charge in [-0.05, 0) is 12.5 Å². The van der Waals surface area contributed by atoms with Gasteiger partial charge in [0, 0.05) is 18.9 Å². The molecule has 2 aromatic rings. The molecule has 1 heterocycles. The van der Waals surface area contributed by atoms with Crippen molar-refractivity contribution in [3.8, 4) is 0 Å². The summed E-state index contributed by atoms with van der Waals surface area (Å²) in [5, 5.41) is 15.7. The third kappa shape index (κ3) is 2.91. The Kier molecular flexibility index (Phi) is 4.37. The van der Waals surface area contributed by atoms with Crippen molar-refractivity contribution in [3.63, 3.8) is 0 Å². The summed E-state index contributed by atoms with van der Waals surface area (Å²) in [4.78, 5) is 0. The van der Waals surface area contributed by atoms with E-state index >= 15 is 0 Å². The molecule has 3 nitrogen and oxygen atoms in total. The lowest BCUT2D eigenvalue weighted by Gasteiger charge is -2.08. The Morgan fingerprint density at radius 2 is 2.06 bits per heavy atom. The molecule has 2 rings (SSSR count). The highest BCUT2D eigenvalue weighted by Gasteiger charge is 2.12. The SMILES string of the molecule is CCCCCC(O)Cc1nn(C)c2ccccc12. The van der Waals surface area contributed by atoms with Crippen LogP contribution in [0.5, 0.6) is 0 Å². The topological polar surface area (TPSA) is 38.1 Å². The van der Waals surface area contributed by atoms with Gasteiger partial charge in [0.25, 0.3) is 0 Å². The fraction of sp³-hybridized carbons (Fsp3) is 0.533. The number of fused-ring (bicyclic) bond motifs is 1. The maximum atomic E-state index is 10.0. The minimum atomic E-state index is -0.269. The summed E-state index contributed by atoms with van der Waals surface area (Å²) < 4.78 is 1.89. The average molecular weight is 246 g/mol. The molecule has 0 aliphatic heterocycles. The molecule has 0 aliphatic rings. The van der Waals surface area contributed by atoms with Gasteiger partial charge in [-0.3, -0.25) is 4.68 Å². The van der Waals surface area contributed by atoms with Crippen LogP contribution in [-0.4, -0.2) is 21.0 Å². The molecule has 1 aromatic carbocycles. The molecule has 0 bridgehead atoms. The monoisotopic (exact) mass is 246 g/mol. The summed E-state index contributed by atoms with van der Waals surface area (Å²) in [6.45, 7) is 2.18. The molecule has 1 atom stereocenters. The lowest BCUT2D eigenvalue weighted by Crippen LogP contribution is -2.11. The summed E-state index contributed by atoms with van der Waals surface area (Å²) in [5.41, 5.74) is 2.14. The predicted octanol–water partition coefficient (Wildman–Crippen LogP) is 3.06. The van der Waals surface area contributed by atoms with Crippen LogP contribution in [0.1, 0.15) is 38.3 Å². The van der Waals surface area contributed by atoms with E-state index in [2.05, 4.69) is 24.2 Å². The first-order chi connectivity index (χ1) is 8.72. The predicted molar refractivity (Wildman–Crippen MR) is 74.6 cm³/mol. The Morgan fingerprint density at radius 3 is 2.83 bits per heavy atom. The van der Waals surface area contributed by atoms with Crippen LogP contribution in [-0.2, 0) is 13.5 Å². The van der Waals surface area contributed by atoms with E-state index in [1.807, 2.05) is 23.9 Å². The number of hydrogen-bond donors (Lipinski definition) is 1. The van der Waals surface area contributed by atoms with Crippen LogP contribution >= 0.6 is 0 Å². The fourth-order valence-corrected chi connectivity index (χ4v) is 2.39. The molecule has 1 N–H and O–H groups in total.